The molecule has 0 heterocycles. The average molecular weight is 327 g/mol. The van der Waals surface area contributed by atoms with Crippen molar-refractivity contribution in [1.82, 2.24) is 0 Å². The first kappa shape index (κ1) is 15.7. The molecule has 128 valence electrons. The monoisotopic (exact) mass is 327 g/mol. The molecule has 4 heteroatoms. The molecule has 4 nitrogen and oxygen atoms in total. The van der Waals surface area contributed by atoms with Crippen molar-refractivity contribution in [2.24, 2.45) is 23.2 Å². The molecular weight excluding hydrogens is 302 g/mol. The summed E-state index contributed by atoms with van der Waals surface area (Å²) in [7, 11) is 1.36. The summed E-state index contributed by atoms with van der Waals surface area (Å²) >= 11 is 0. The van der Waals surface area contributed by atoms with E-state index in [9.17, 15) is 9.59 Å². The maximum absolute atomic E-state index is 12.7. The predicted molar refractivity (Wildman–Crippen MR) is 91.6 cm³/mol. The van der Waals surface area contributed by atoms with Gasteiger partial charge in [0, 0.05) is 6.42 Å². The van der Waals surface area contributed by atoms with E-state index >= 15 is 0 Å². The fraction of sp³-hybridized carbons (Fsp3) is 0.600. The number of rotatable bonds is 4. The summed E-state index contributed by atoms with van der Waals surface area (Å²) in [5.74, 6) is 2.14. The number of para-hydroxylation sites is 1. The lowest BCUT2D eigenvalue weighted by molar-refractivity contribution is -0.124. The van der Waals surface area contributed by atoms with E-state index in [1.807, 2.05) is 6.07 Å². The molecule has 4 aliphatic rings. The van der Waals surface area contributed by atoms with Crippen LogP contribution in [0.5, 0.6) is 0 Å². The smallest absolute Gasteiger partial charge is 0.339 e. The summed E-state index contributed by atoms with van der Waals surface area (Å²) in [6.45, 7) is 0. The lowest BCUT2D eigenvalue weighted by Crippen LogP contribution is -2.47. The van der Waals surface area contributed by atoms with Gasteiger partial charge in [-0.3, -0.25) is 4.79 Å². The number of carbonyl (C=O) groups excluding carboxylic acids is 2. The van der Waals surface area contributed by atoms with Gasteiger partial charge in [-0.05, 0) is 73.8 Å². The second-order valence-corrected chi connectivity index (χ2v) is 8.18. The minimum absolute atomic E-state index is 0.0355. The standard InChI is InChI=1S/C20H25NO3/c1-24-19(23)16-4-2-3-5-17(16)21-18(22)12-20-9-13-6-14(10-20)8-15(7-13)11-20/h2-5,13-15H,6-12H2,1H3,(H,21,22). The Morgan fingerprint density at radius 3 is 2.25 bits per heavy atom. The third kappa shape index (κ3) is 2.83. The molecule has 0 radical (unpaired) electrons. The number of carbonyl (C=O) groups is 2. The van der Waals surface area contributed by atoms with Crippen LogP contribution in [0.4, 0.5) is 5.69 Å². The quantitative estimate of drug-likeness (QED) is 0.850. The van der Waals surface area contributed by atoms with Gasteiger partial charge in [-0.15, -0.1) is 0 Å². The Balaban J connectivity index is 1.47. The van der Waals surface area contributed by atoms with Crippen molar-refractivity contribution in [1.29, 1.82) is 0 Å². The molecule has 0 spiro atoms. The van der Waals surface area contributed by atoms with Crippen molar-refractivity contribution in [3.05, 3.63) is 29.8 Å². The second kappa shape index (κ2) is 5.91. The van der Waals surface area contributed by atoms with Crippen LogP contribution in [-0.4, -0.2) is 19.0 Å². The number of anilines is 1. The number of nitrogens with one attached hydrogen (secondary N) is 1. The van der Waals surface area contributed by atoms with Gasteiger partial charge in [-0.1, -0.05) is 12.1 Å². The fourth-order valence-corrected chi connectivity index (χ4v) is 5.92. The second-order valence-electron chi connectivity index (χ2n) is 8.18. The average Bonchev–Trinajstić information content (AvgIpc) is 2.52. The van der Waals surface area contributed by atoms with E-state index in [2.05, 4.69) is 5.32 Å². The topological polar surface area (TPSA) is 55.4 Å². The van der Waals surface area contributed by atoms with E-state index in [0.717, 1.165) is 17.8 Å². The van der Waals surface area contributed by atoms with Crippen LogP contribution in [0.2, 0.25) is 0 Å². The molecule has 4 bridgehead atoms. The normalized spacial score (nSPS) is 33.3. The van der Waals surface area contributed by atoms with E-state index in [4.69, 9.17) is 4.74 Å². The molecule has 1 aromatic carbocycles. The van der Waals surface area contributed by atoms with Gasteiger partial charge >= 0.3 is 5.97 Å². The number of benzene rings is 1. The van der Waals surface area contributed by atoms with Crippen LogP contribution in [0.3, 0.4) is 0 Å². The van der Waals surface area contributed by atoms with Crippen LogP contribution in [0.25, 0.3) is 0 Å². The highest BCUT2D eigenvalue weighted by atomic mass is 16.5. The van der Waals surface area contributed by atoms with E-state index in [0.29, 0.717) is 17.7 Å². The minimum Gasteiger partial charge on any atom is -0.465 e. The van der Waals surface area contributed by atoms with Gasteiger partial charge in [0.25, 0.3) is 0 Å². The molecule has 0 atom stereocenters. The molecule has 4 fully saturated rings. The Morgan fingerprint density at radius 1 is 1.08 bits per heavy atom. The van der Waals surface area contributed by atoms with Crippen molar-refractivity contribution in [3.63, 3.8) is 0 Å². The van der Waals surface area contributed by atoms with Crippen LogP contribution in [0, 0.1) is 23.2 Å². The molecule has 5 rings (SSSR count). The van der Waals surface area contributed by atoms with Crippen molar-refractivity contribution in [2.45, 2.75) is 44.9 Å². The molecule has 1 N–H and O–H groups in total. The molecule has 0 unspecified atom stereocenters. The highest BCUT2D eigenvalue weighted by molar-refractivity contribution is 6.01. The maximum Gasteiger partial charge on any atom is 0.339 e. The van der Waals surface area contributed by atoms with E-state index in [1.54, 1.807) is 18.2 Å². The number of esters is 1. The van der Waals surface area contributed by atoms with Gasteiger partial charge in [0.05, 0.1) is 18.4 Å². The first-order valence-corrected chi connectivity index (χ1v) is 9.04. The molecule has 4 aliphatic carbocycles. The first-order valence-electron chi connectivity index (χ1n) is 9.04. The maximum atomic E-state index is 12.7. The Bertz CT molecular complexity index is 631. The third-order valence-electron chi connectivity index (χ3n) is 6.31. The molecule has 4 saturated carbocycles. The zero-order chi connectivity index (χ0) is 16.7. The number of methoxy groups -OCH3 is 1. The Morgan fingerprint density at radius 2 is 1.67 bits per heavy atom. The zero-order valence-corrected chi connectivity index (χ0v) is 14.2. The Kier molecular flexibility index (Phi) is 3.86. The molecular formula is C20H25NO3. The van der Waals surface area contributed by atoms with Gasteiger partial charge in [0.1, 0.15) is 0 Å². The predicted octanol–water partition coefficient (Wildman–Crippen LogP) is 4.02. The van der Waals surface area contributed by atoms with E-state index in [-0.39, 0.29) is 11.3 Å². The number of ether oxygens (including phenoxy) is 1. The zero-order valence-electron chi connectivity index (χ0n) is 14.2. The SMILES string of the molecule is COC(=O)c1ccccc1NC(=O)CC12CC3CC(CC(C3)C1)C2. The number of hydrogen-bond acceptors (Lipinski definition) is 3. The third-order valence-corrected chi connectivity index (χ3v) is 6.31. The largest absolute Gasteiger partial charge is 0.465 e. The van der Waals surface area contributed by atoms with Crippen LogP contribution in [0.15, 0.2) is 24.3 Å². The minimum atomic E-state index is -0.416. The van der Waals surface area contributed by atoms with Gasteiger partial charge in [-0.25, -0.2) is 4.79 Å². The Hall–Kier alpha value is -1.84. The van der Waals surface area contributed by atoms with Gasteiger partial charge in [0.15, 0.2) is 0 Å². The van der Waals surface area contributed by atoms with Crippen molar-refractivity contribution in [2.75, 3.05) is 12.4 Å². The van der Waals surface area contributed by atoms with Gasteiger partial charge < -0.3 is 10.1 Å². The van der Waals surface area contributed by atoms with Crippen LogP contribution >= 0.6 is 0 Å². The lowest BCUT2D eigenvalue weighted by atomic mass is 9.49. The van der Waals surface area contributed by atoms with E-state index in [1.165, 1.54) is 45.6 Å². The Labute approximate surface area is 143 Å². The lowest BCUT2D eigenvalue weighted by Gasteiger charge is -2.56. The first-order chi connectivity index (χ1) is 11.6. The summed E-state index contributed by atoms with van der Waals surface area (Å²) in [5.41, 5.74) is 1.18. The number of hydrogen-bond donors (Lipinski definition) is 1. The summed E-state index contributed by atoms with van der Waals surface area (Å²) in [4.78, 5) is 24.5. The van der Waals surface area contributed by atoms with Crippen LogP contribution in [0.1, 0.15) is 55.3 Å². The summed E-state index contributed by atoms with van der Waals surface area (Å²) in [6.07, 6.45) is 8.37. The molecule has 0 aromatic heterocycles. The molecule has 0 aliphatic heterocycles. The van der Waals surface area contributed by atoms with Gasteiger partial charge in [-0.2, -0.15) is 0 Å². The number of amides is 1. The van der Waals surface area contributed by atoms with E-state index < -0.39 is 5.97 Å². The van der Waals surface area contributed by atoms with Crippen molar-refractivity contribution in [3.8, 4) is 0 Å². The van der Waals surface area contributed by atoms with Crippen molar-refractivity contribution < 1.29 is 14.3 Å². The summed E-state index contributed by atoms with van der Waals surface area (Å²) in [5, 5.41) is 2.96. The highest BCUT2D eigenvalue weighted by Gasteiger charge is 2.51. The van der Waals surface area contributed by atoms with Gasteiger partial charge in [0.2, 0.25) is 5.91 Å². The summed E-state index contributed by atoms with van der Waals surface area (Å²) in [6, 6.07) is 7.06. The van der Waals surface area contributed by atoms with Crippen LogP contribution in [-0.2, 0) is 9.53 Å². The van der Waals surface area contributed by atoms with Crippen LogP contribution < -0.4 is 5.32 Å². The van der Waals surface area contributed by atoms with Crippen molar-refractivity contribution >= 4 is 17.6 Å². The molecule has 0 saturated heterocycles. The molecule has 1 amide bonds. The molecule has 24 heavy (non-hydrogen) atoms. The fourth-order valence-electron chi connectivity index (χ4n) is 5.92. The highest BCUT2D eigenvalue weighted by Crippen LogP contribution is 2.61. The summed E-state index contributed by atoms with van der Waals surface area (Å²) < 4.78 is 4.80. The molecule has 1 aromatic rings.